The molecule has 0 aliphatic carbocycles. The minimum atomic E-state index is -0.562. The van der Waals surface area contributed by atoms with Crippen LogP contribution < -0.4 is 19.9 Å². The monoisotopic (exact) mass is 501 g/mol. The summed E-state index contributed by atoms with van der Waals surface area (Å²) in [6.07, 6.45) is 2.60. The highest BCUT2D eigenvalue weighted by Gasteiger charge is 2.37. The molecule has 3 aliphatic rings. The van der Waals surface area contributed by atoms with Crippen molar-refractivity contribution in [2.45, 2.75) is 31.4 Å². The van der Waals surface area contributed by atoms with Gasteiger partial charge in [0.2, 0.25) is 5.95 Å². The second kappa shape index (κ2) is 10.4. The second-order valence-electron chi connectivity index (χ2n) is 9.70. The van der Waals surface area contributed by atoms with Crippen LogP contribution in [0.5, 0.6) is 5.75 Å². The zero-order valence-corrected chi connectivity index (χ0v) is 20.7. The first-order valence-electron chi connectivity index (χ1n) is 12.9. The molecule has 9 nitrogen and oxygen atoms in total. The number of anilines is 4. The fourth-order valence-electron chi connectivity index (χ4n) is 5.35. The topological polar surface area (TPSA) is 100 Å². The van der Waals surface area contributed by atoms with Gasteiger partial charge < -0.3 is 29.7 Å². The van der Waals surface area contributed by atoms with Crippen molar-refractivity contribution >= 4 is 28.8 Å². The number of nitrogens with zero attached hydrogens (tertiary/aromatic N) is 4. The van der Waals surface area contributed by atoms with E-state index in [9.17, 15) is 9.90 Å². The van der Waals surface area contributed by atoms with E-state index < -0.39 is 6.10 Å². The lowest BCUT2D eigenvalue weighted by Crippen LogP contribution is -2.40. The number of fused-ring (bicyclic) bond motifs is 9. The Bertz CT molecular complexity index is 1280. The number of morpholine rings is 1. The molecule has 2 atom stereocenters. The number of benzene rings is 2. The molecule has 0 amide bonds. The number of aromatic nitrogens is 2. The Balaban J connectivity index is 1.42. The number of carbonyl (C=O) groups is 1. The van der Waals surface area contributed by atoms with E-state index in [1.54, 1.807) is 6.20 Å². The Morgan fingerprint density at radius 3 is 2.81 bits per heavy atom. The first-order valence-corrected chi connectivity index (χ1v) is 12.9. The Morgan fingerprint density at radius 2 is 1.92 bits per heavy atom. The number of carbonyl (C=O) groups excluding carboxylic acids is 1. The van der Waals surface area contributed by atoms with Crippen LogP contribution in [0.25, 0.3) is 11.3 Å². The van der Waals surface area contributed by atoms with Crippen molar-refractivity contribution in [3.05, 3.63) is 54.7 Å². The summed E-state index contributed by atoms with van der Waals surface area (Å²) in [7, 11) is 0. The predicted molar refractivity (Wildman–Crippen MR) is 142 cm³/mol. The fourth-order valence-corrected chi connectivity index (χ4v) is 5.35. The smallest absolute Gasteiger partial charge is 0.227 e. The van der Waals surface area contributed by atoms with Crippen LogP contribution in [0.2, 0.25) is 0 Å². The van der Waals surface area contributed by atoms with Crippen LogP contribution in [0.1, 0.15) is 19.3 Å². The van der Waals surface area contributed by atoms with Crippen molar-refractivity contribution in [1.82, 2.24) is 9.97 Å². The molecule has 2 fully saturated rings. The molecular formula is C28H31N5O4. The van der Waals surface area contributed by atoms with E-state index in [1.807, 2.05) is 42.5 Å². The van der Waals surface area contributed by atoms with Crippen LogP contribution in [0, 0.1) is 0 Å². The average molecular weight is 502 g/mol. The summed E-state index contributed by atoms with van der Waals surface area (Å²) in [5.74, 6) is 1.34. The zero-order chi connectivity index (χ0) is 25.2. The largest absolute Gasteiger partial charge is 0.494 e. The second-order valence-corrected chi connectivity index (χ2v) is 9.70. The van der Waals surface area contributed by atoms with Crippen LogP contribution in [-0.4, -0.2) is 72.5 Å². The minimum absolute atomic E-state index is 0.125. The van der Waals surface area contributed by atoms with Crippen molar-refractivity contribution in [2.75, 3.05) is 54.6 Å². The first kappa shape index (κ1) is 23.7. The molecule has 9 heteroatoms. The summed E-state index contributed by atoms with van der Waals surface area (Å²) in [6, 6.07) is 15.4. The molecule has 1 aromatic heterocycles. The van der Waals surface area contributed by atoms with Crippen LogP contribution in [0.3, 0.4) is 0 Å². The number of hydrogen-bond donors (Lipinski definition) is 2. The molecule has 6 bridgehead atoms. The minimum Gasteiger partial charge on any atom is -0.494 e. The Morgan fingerprint density at radius 1 is 1.03 bits per heavy atom. The molecule has 0 saturated carbocycles. The van der Waals surface area contributed by atoms with Gasteiger partial charge >= 0.3 is 0 Å². The number of ether oxygens (including phenoxy) is 2. The highest BCUT2D eigenvalue weighted by molar-refractivity contribution is 5.90. The van der Waals surface area contributed by atoms with Gasteiger partial charge in [0.1, 0.15) is 5.75 Å². The molecule has 4 heterocycles. The lowest BCUT2D eigenvalue weighted by atomic mass is 10.0. The summed E-state index contributed by atoms with van der Waals surface area (Å²) in [6.45, 7) is 3.71. The van der Waals surface area contributed by atoms with E-state index in [-0.39, 0.29) is 11.8 Å². The number of nitrogens with one attached hydrogen (secondary N) is 1. The third-order valence-corrected chi connectivity index (χ3v) is 7.17. The highest BCUT2D eigenvalue weighted by Crippen LogP contribution is 2.38. The predicted octanol–water partition coefficient (Wildman–Crippen LogP) is 3.41. The van der Waals surface area contributed by atoms with Gasteiger partial charge in [-0.1, -0.05) is 12.1 Å². The fraction of sp³-hybridized carbons (Fsp3) is 0.393. The first-order chi connectivity index (χ1) is 18.1. The molecule has 2 aromatic carbocycles. The third kappa shape index (κ3) is 5.10. The lowest BCUT2D eigenvalue weighted by molar-refractivity contribution is -0.120. The molecular weight excluding hydrogens is 470 g/mol. The molecule has 3 aliphatic heterocycles. The number of Topliss-reactive ketones (excluding diaryl/α,β-unsaturated/α-hetero) is 1. The summed E-state index contributed by atoms with van der Waals surface area (Å²) < 4.78 is 11.5. The van der Waals surface area contributed by atoms with Gasteiger partial charge in [0.05, 0.1) is 49.0 Å². The Hall–Kier alpha value is -3.69. The maximum atomic E-state index is 13.4. The molecule has 37 heavy (non-hydrogen) atoms. The molecule has 192 valence electrons. The molecule has 0 radical (unpaired) electrons. The van der Waals surface area contributed by atoms with Crippen molar-refractivity contribution < 1.29 is 19.4 Å². The van der Waals surface area contributed by atoms with E-state index in [0.29, 0.717) is 51.6 Å². The Kier molecular flexibility index (Phi) is 6.63. The maximum Gasteiger partial charge on any atom is 0.227 e. The molecule has 6 rings (SSSR count). The van der Waals surface area contributed by atoms with Crippen molar-refractivity contribution in [3.8, 4) is 17.0 Å². The zero-order valence-electron chi connectivity index (χ0n) is 20.7. The van der Waals surface area contributed by atoms with Gasteiger partial charge in [-0.3, -0.25) is 4.79 Å². The maximum absolute atomic E-state index is 13.4. The molecule has 0 spiro atoms. The molecule has 0 unspecified atom stereocenters. The summed E-state index contributed by atoms with van der Waals surface area (Å²) in [5.41, 5.74) is 4.49. The SMILES string of the molecule is O=C1CCCOc2cccc(c2)-c2ccnc(n2)Nc2ccc(N3CCOCC3)c(c2)N2C[C@H](O)C[C@@H]12. The van der Waals surface area contributed by atoms with Crippen molar-refractivity contribution in [3.63, 3.8) is 0 Å². The van der Waals surface area contributed by atoms with Gasteiger partial charge in [0.25, 0.3) is 0 Å². The summed E-state index contributed by atoms with van der Waals surface area (Å²) in [4.78, 5) is 26.9. The van der Waals surface area contributed by atoms with Gasteiger partial charge in [0, 0.05) is 49.9 Å². The van der Waals surface area contributed by atoms with E-state index in [2.05, 4.69) is 26.2 Å². The molecule has 2 N–H and O–H groups in total. The third-order valence-electron chi connectivity index (χ3n) is 7.17. The standard InChI is InChI=1S/C28H31N5O4/c34-21-17-26-27(35)5-2-12-37-22-4-1-3-19(15-22)23-8-9-29-28(31-23)30-20-6-7-24(25(16-20)33(26)18-21)32-10-13-36-14-11-32/h1,3-4,6-9,15-16,21,26,34H,2,5,10-14,17-18H2,(H,29,30,31)/t21-,26+/m1/s1. The number of aliphatic hydroxyl groups excluding tert-OH is 1. The Labute approximate surface area is 216 Å². The van der Waals surface area contributed by atoms with Crippen molar-refractivity contribution in [1.29, 1.82) is 0 Å². The average Bonchev–Trinajstić information content (AvgIpc) is 3.33. The van der Waals surface area contributed by atoms with Crippen LogP contribution in [0.15, 0.2) is 54.7 Å². The van der Waals surface area contributed by atoms with E-state index >= 15 is 0 Å². The van der Waals surface area contributed by atoms with Crippen molar-refractivity contribution in [2.24, 2.45) is 0 Å². The molecule has 3 aromatic rings. The van der Waals surface area contributed by atoms with Crippen LogP contribution >= 0.6 is 0 Å². The quantitative estimate of drug-likeness (QED) is 0.520. The van der Waals surface area contributed by atoms with E-state index in [4.69, 9.17) is 14.5 Å². The molecule has 2 saturated heterocycles. The normalized spacial score (nSPS) is 22.0. The van der Waals surface area contributed by atoms with Gasteiger partial charge in [-0.05, 0) is 42.8 Å². The number of ketones is 1. The van der Waals surface area contributed by atoms with Gasteiger partial charge in [0.15, 0.2) is 5.78 Å². The lowest BCUT2D eigenvalue weighted by Gasteiger charge is -2.35. The number of rotatable bonds is 1. The van der Waals surface area contributed by atoms with Gasteiger partial charge in [-0.15, -0.1) is 0 Å². The number of aliphatic hydroxyl groups is 1. The highest BCUT2D eigenvalue weighted by atomic mass is 16.5. The number of hydrogen-bond acceptors (Lipinski definition) is 9. The van der Waals surface area contributed by atoms with E-state index in [1.165, 1.54) is 0 Å². The summed E-state index contributed by atoms with van der Waals surface area (Å²) in [5, 5.41) is 14.0. The summed E-state index contributed by atoms with van der Waals surface area (Å²) >= 11 is 0. The van der Waals surface area contributed by atoms with Gasteiger partial charge in [-0.25, -0.2) is 9.97 Å². The van der Waals surface area contributed by atoms with Gasteiger partial charge in [-0.2, -0.15) is 0 Å². The van der Waals surface area contributed by atoms with E-state index in [0.717, 1.165) is 47.2 Å². The van der Waals surface area contributed by atoms with Crippen LogP contribution in [0.4, 0.5) is 23.0 Å². The van der Waals surface area contributed by atoms with Crippen LogP contribution in [-0.2, 0) is 9.53 Å².